The third-order valence-corrected chi connectivity index (χ3v) is 3.22. The van der Waals surface area contributed by atoms with Crippen molar-refractivity contribution in [3.63, 3.8) is 0 Å². The molecule has 0 bridgehead atoms. The highest BCUT2D eigenvalue weighted by Gasteiger charge is 2.32. The first-order valence-electron chi connectivity index (χ1n) is 6.38. The minimum Gasteiger partial charge on any atom is -0.466 e. The van der Waals surface area contributed by atoms with E-state index in [9.17, 15) is 9.59 Å². The molecule has 96 valence electrons. The predicted molar refractivity (Wildman–Crippen MR) is 66.5 cm³/mol. The molecule has 2 unspecified atom stereocenters. The first-order valence-corrected chi connectivity index (χ1v) is 6.38. The van der Waals surface area contributed by atoms with E-state index in [1.165, 1.54) is 0 Å². The van der Waals surface area contributed by atoms with Gasteiger partial charge in [-0.3, -0.25) is 9.59 Å². The first kappa shape index (κ1) is 13.9. The molecule has 0 aromatic rings. The van der Waals surface area contributed by atoms with Crippen LogP contribution in [0.2, 0.25) is 0 Å². The maximum Gasteiger partial charge on any atom is 0.306 e. The van der Waals surface area contributed by atoms with Crippen molar-refractivity contribution in [3.8, 4) is 0 Å². The molecule has 0 aliphatic heterocycles. The van der Waals surface area contributed by atoms with Crippen molar-refractivity contribution in [2.75, 3.05) is 6.61 Å². The third-order valence-electron chi connectivity index (χ3n) is 3.22. The van der Waals surface area contributed by atoms with Crippen LogP contribution in [0.3, 0.4) is 0 Å². The zero-order valence-electron chi connectivity index (χ0n) is 10.8. The highest BCUT2D eigenvalue weighted by molar-refractivity contribution is 5.87. The number of Topliss-reactive ketones (excluding diaryl/α,β-unsaturated/α-hetero) is 1. The summed E-state index contributed by atoms with van der Waals surface area (Å²) in [5.74, 6) is -0.0815. The first-order chi connectivity index (χ1) is 8.04. The highest BCUT2D eigenvalue weighted by atomic mass is 16.5. The fourth-order valence-corrected chi connectivity index (χ4v) is 2.48. The summed E-state index contributed by atoms with van der Waals surface area (Å²) in [6, 6.07) is 0. The molecule has 1 aliphatic rings. The molecule has 0 radical (unpaired) electrons. The Balaban J connectivity index is 2.53. The average Bonchev–Trinajstić information content (AvgIpc) is 2.23. The van der Waals surface area contributed by atoms with E-state index in [4.69, 9.17) is 4.74 Å². The second kappa shape index (κ2) is 6.58. The van der Waals surface area contributed by atoms with Gasteiger partial charge in [0.1, 0.15) is 5.78 Å². The standard InChI is InChI=1S/C14H22O3/c1-4-17-13(15)9-12-7-5-6-11(14(12)16)8-10(2)3/h11-12H,2,4-9H2,1,3H3. The number of carbonyl (C=O) groups is 2. The topological polar surface area (TPSA) is 43.4 Å². The Kier molecular flexibility index (Phi) is 5.39. The van der Waals surface area contributed by atoms with Gasteiger partial charge in [-0.1, -0.05) is 12.0 Å². The van der Waals surface area contributed by atoms with Crippen molar-refractivity contribution in [2.24, 2.45) is 11.8 Å². The summed E-state index contributed by atoms with van der Waals surface area (Å²) in [6.07, 6.45) is 3.79. The number of carbonyl (C=O) groups excluding carboxylic acids is 2. The molecule has 0 amide bonds. The molecular formula is C14H22O3. The van der Waals surface area contributed by atoms with Crippen molar-refractivity contribution >= 4 is 11.8 Å². The van der Waals surface area contributed by atoms with Crippen molar-refractivity contribution in [1.82, 2.24) is 0 Å². The van der Waals surface area contributed by atoms with E-state index < -0.39 is 0 Å². The summed E-state index contributed by atoms with van der Waals surface area (Å²) in [5, 5.41) is 0. The van der Waals surface area contributed by atoms with Gasteiger partial charge in [0.15, 0.2) is 0 Å². The molecule has 0 N–H and O–H groups in total. The Morgan fingerprint density at radius 1 is 1.35 bits per heavy atom. The van der Waals surface area contributed by atoms with Gasteiger partial charge in [-0.15, -0.1) is 6.58 Å². The summed E-state index contributed by atoms with van der Waals surface area (Å²) in [7, 11) is 0. The molecule has 0 heterocycles. The second-order valence-corrected chi connectivity index (χ2v) is 4.90. The van der Waals surface area contributed by atoms with Gasteiger partial charge in [-0.25, -0.2) is 0 Å². The van der Waals surface area contributed by atoms with Crippen LogP contribution in [0.25, 0.3) is 0 Å². The summed E-state index contributed by atoms with van der Waals surface area (Å²) >= 11 is 0. The Morgan fingerprint density at radius 3 is 2.47 bits per heavy atom. The zero-order chi connectivity index (χ0) is 12.8. The van der Waals surface area contributed by atoms with E-state index in [1.807, 2.05) is 6.92 Å². The molecule has 3 heteroatoms. The number of allylic oxidation sites excluding steroid dienone is 1. The van der Waals surface area contributed by atoms with Gasteiger partial charge in [0.05, 0.1) is 13.0 Å². The van der Waals surface area contributed by atoms with Crippen LogP contribution in [0.5, 0.6) is 0 Å². The van der Waals surface area contributed by atoms with Gasteiger partial charge in [0.2, 0.25) is 0 Å². The van der Waals surface area contributed by atoms with Gasteiger partial charge in [0.25, 0.3) is 0 Å². The molecule has 3 nitrogen and oxygen atoms in total. The Hall–Kier alpha value is -1.12. The number of ether oxygens (including phenoxy) is 1. The number of esters is 1. The number of ketones is 1. The van der Waals surface area contributed by atoms with Crippen molar-refractivity contribution in [3.05, 3.63) is 12.2 Å². The van der Waals surface area contributed by atoms with E-state index in [1.54, 1.807) is 6.92 Å². The summed E-state index contributed by atoms with van der Waals surface area (Å²) in [5.41, 5.74) is 1.04. The van der Waals surface area contributed by atoms with Gasteiger partial charge in [-0.2, -0.15) is 0 Å². The van der Waals surface area contributed by atoms with Crippen molar-refractivity contribution in [1.29, 1.82) is 0 Å². The fraction of sp³-hybridized carbons (Fsp3) is 0.714. The minimum absolute atomic E-state index is 0.0701. The normalized spacial score (nSPS) is 24.5. The minimum atomic E-state index is -0.248. The maximum atomic E-state index is 12.2. The van der Waals surface area contributed by atoms with Gasteiger partial charge in [0, 0.05) is 11.8 Å². The second-order valence-electron chi connectivity index (χ2n) is 4.90. The van der Waals surface area contributed by atoms with E-state index in [2.05, 4.69) is 6.58 Å². The lowest BCUT2D eigenvalue weighted by molar-refractivity contribution is -0.147. The van der Waals surface area contributed by atoms with Crippen LogP contribution in [0.4, 0.5) is 0 Å². The average molecular weight is 238 g/mol. The monoisotopic (exact) mass is 238 g/mol. The lowest BCUT2D eigenvalue weighted by atomic mass is 9.76. The summed E-state index contributed by atoms with van der Waals surface area (Å²) in [4.78, 5) is 23.5. The quantitative estimate of drug-likeness (QED) is 0.546. The van der Waals surface area contributed by atoms with Crippen molar-refractivity contribution < 1.29 is 14.3 Å². The van der Waals surface area contributed by atoms with E-state index in [-0.39, 0.29) is 30.0 Å². The Labute approximate surface area is 103 Å². The molecule has 17 heavy (non-hydrogen) atoms. The maximum absolute atomic E-state index is 12.2. The highest BCUT2D eigenvalue weighted by Crippen LogP contribution is 2.31. The SMILES string of the molecule is C=C(C)CC1CCCC(CC(=O)OCC)C1=O. The lowest BCUT2D eigenvalue weighted by Crippen LogP contribution is -2.30. The zero-order valence-corrected chi connectivity index (χ0v) is 10.8. The predicted octanol–water partition coefficient (Wildman–Crippen LogP) is 2.89. The van der Waals surface area contributed by atoms with Crippen LogP contribution in [0, 0.1) is 11.8 Å². The van der Waals surface area contributed by atoms with Crippen LogP contribution in [-0.2, 0) is 14.3 Å². The van der Waals surface area contributed by atoms with Crippen LogP contribution in [0.1, 0.15) is 46.0 Å². The molecule has 1 saturated carbocycles. The Bertz CT molecular complexity index is 307. The van der Waals surface area contributed by atoms with E-state index in [0.717, 1.165) is 31.3 Å². The lowest BCUT2D eigenvalue weighted by Gasteiger charge is -2.27. The molecular weight excluding hydrogens is 216 g/mol. The number of rotatable bonds is 5. The molecule has 1 aliphatic carbocycles. The van der Waals surface area contributed by atoms with Gasteiger partial charge < -0.3 is 4.74 Å². The van der Waals surface area contributed by atoms with Crippen LogP contribution >= 0.6 is 0 Å². The largest absolute Gasteiger partial charge is 0.466 e. The molecule has 2 atom stereocenters. The van der Waals surface area contributed by atoms with E-state index in [0.29, 0.717) is 6.61 Å². The van der Waals surface area contributed by atoms with Crippen LogP contribution in [-0.4, -0.2) is 18.4 Å². The molecule has 0 saturated heterocycles. The molecule has 0 spiro atoms. The summed E-state index contributed by atoms with van der Waals surface area (Å²) < 4.78 is 4.90. The molecule has 0 aromatic heterocycles. The van der Waals surface area contributed by atoms with Crippen LogP contribution in [0.15, 0.2) is 12.2 Å². The smallest absolute Gasteiger partial charge is 0.306 e. The molecule has 1 fully saturated rings. The third kappa shape index (κ3) is 4.33. The number of hydrogen-bond donors (Lipinski definition) is 0. The number of hydrogen-bond acceptors (Lipinski definition) is 3. The fourth-order valence-electron chi connectivity index (χ4n) is 2.48. The molecule has 1 rings (SSSR count). The van der Waals surface area contributed by atoms with Gasteiger partial charge in [-0.05, 0) is 33.1 Å². The van der Waals surface area contributed by atoms with Gasteiger partial charge >= 0.3 is 5.97 Å². The Morgan fingerprint density at radius 2 is 1.94 bits per heavy atom. The summed E-state index contributed by atoms with van der Waals surface area (Å²) in [6.45, 7) is 7.97. The van der Waals surface area contributed by atoms with Crippen molar-refractivity contribution in [2.45, 2.75) is 46.0 Å². The van der Waals surface area contributed by atoms with Crippen LogP contribution < -0.4 is 0 Å². The molecule has 0 aromatic carbocycles. The van der Waals surface area contributed by atoms with E-state index >= 15 is 0 Å².